The molecular weight excluding hydrogens is 557 g/mol. The van der Waals surface area contributed by atoms with Crippen LogP contribution in [0.3, 0.4) is 0 Å². The van der Waals surface area contributed by atoms with Crippen LogP contribution < -0.4 is 9.47 Å². The molecule has 33 heavy (non-hydrogen) atoms. The highest BCUT2D eigenvalue weighted by molar-refractivity contribution is 14.1. The van der Waals surface area contributed by atoms with Gasteiger partial charge in [0.05, 0.1) is 21.7 Å². The Morgan fingerprint density at radius 1 is 1.21 bits per heavy atom. The lowest BCUT2D eigenvalue weighted by atomic mass is 10.1. The van der Waals surface area contributed by atoms with Crippen LogP contribution in [0, 0.1) is 10.5 Å². The van der Waals surface area contributed by atoms with Gasteiger partial charge in [-0.1, -0.05) is 29.8 Å². The monoisotopic (exact) mass is 581 g/mol. The van der Waals surface area contributed by atoms with Gasteiger partial charge < -0.3 is 14.2 Å². The maximum absolute atomic E-state index is 12.7. The minimum absolute atomic E-state index is 0.226. The molecule has 0 aromatic heterocycles. The Morgan fingerprint density at radius 2 is 1.97 bits per heavy atom. The summed E-state index contributed by atoms with van der Waals surface area (Å²) in [4.78, 5) is 38.0. The van der Waals surface area contributed by atoms with Gasteiger partial charge in [0.25, 0.3) is 11.1 Å². The molecular formula is C24H24INO6S. The first-order valence-corrected chi connectivity index (χ1v) is 12.1. The van der Waals surface area contributed by atoms with Crippen LogP contribution >= 0.6 is 34.4 Å². The second-order valence-corrected chi connectivity index (χ2v) is 9.77. The van der Waals surface area contributed by atoms with Crippen LogP contribution in [0.5, 0.6) is 11.5 Å². The Bertz CT molecular complexity index is 1110. The molecule has 0 aliphatic carbocycles. The Morgan fingerprint density at radius 3 is 2.64 bits per heavy atom. The molecule has 0 unspecified atom stereocenters. The van der Waals surface area contributed by atoms with Crippen molar-refractivity contribution in [1.82, 2.24) is 4.90 Å². The number of halogens is 1. The van der Waals surface area contributed by atoms with Gasteiger partial charge in [-0.15, -0.1) is 0 Å². The maximum Gasteiger partial charge on any atom is 0.326 e. The van der Waals surface area contributed by atoms with Crippen molar-refractivity contribution in [1.29, 1.82) is 0 Å². The molecule has 9 heteroatoms. The van der Waals surface area contributed by atoms with Gasteiger partial charge in [0.15, 0.2) is 11.5 Å². The number of thioether (sulfide) groups is 1. The van der Waals surface area contributed by atoms with Gasteiger partial charge in [0.1, 0.15) is 13.2 Å². The second kappa shape index (κ2) is 11.1. The Kier molecular flexibility index (Phi) is 8.41. The molecule has 1 aliphatic heterocycles. The third kappa shape index (κ3) is 6.50. The molecule has 0 radical (unpaired) electrons. The Hall–Kier alpha value is -2.53. The summed E-state index contributed by atoms with van der Waals surface area (Å²) in [6, 6.07) is 11.6. The lowest BCUT2D eigenvalue weighted by Gasteiger charge is -2.14. The van der Waals surface area contributed by atoms with E-state index >= 15 is 0 Å². The summed E-state index contributed by atoms with van der Waals surface area (Å²) < 4.78 is 17.4. The van der Waals surface area contributed by atoms with Gasteiger partial charge in [-0.2, -0.15) is 0 Å². The SMILES string of the molecule is COc1cc(/C=C2/SC(=O)N(CC(=O)OC(C)C)C2=O)cc(I)c1OCc1cccc(C)c1. The van der Waals surface area contributed by atoms with Gasteiger partial charge in [0.2, 0.25) is 0 Å². The summed E-state index contributed by atoms with van der Waals surface area (Å²) >= 11 is 2.93. The zero-order valence-electron chi connectivity index (χ0n) is 18.7. The van der Waals surface area contributed by atoms with Crippen LogP contribution in [0.25, 0.3) is 6.08 Å². The van der Waals surface area contributed by atoms with Crippen molar-refractivity contribution in [2.24, 2.45) is 0 Å². The average Bonchev–Trinajstić information content (AvgIpc) is 2.99. The summed E-state index contributed by atoms with van der Waals surface area (Å²) in [7, 11) is 1.54. The van der Waals surface area contributed by atoms with Crippen LogP contribution in [0.4, 0.5) is 4.79 Å². The van der Waals surface area contributed by atoms with Crippen LogP contribution in [0.15, 0.2) is 41.3 Å². The number of benzene rings is 2. The predicted molar refractivity (Wildman–Crippen MR) is 135 cm³/mol. The van der Waals surface area contributed by atoms with Crippen LogP contribution in [0.2, 0.25) is 0 Å². The van der Waals surface area contributed by atoms with Crippen LogP contribution in [-0.4, -0.2) is 41.8 Å². The van der Waals surface area contributed by atoms with E-state index in [-0.39, 0.29) is 11.0 Å². The normalized spacial score (nSPS) is 14.8. The topological polar surface area (TPSA) is 82.1 Å². The highest BCUT2D eigenvalue weighted by atomic mass is 127. The first-order chi connectivity index (χ1) is 15.7. The van der Waals surface area contributed by atoms with Gasteiger partial charge in [-0.05, 0) is 84.5 Å². The number of ether oxygens (including phenoxy) is 3. The number of amides is 2. The number of carbonyl (C=O) groups excluding carboxylic acids is 3. The average molecular weight is 581 g/mol. The molecule has 0 spiro atoms. The second-order valence-electron chi connectivity index (χ2n) is 7.62. The van der Waals surface area contributed by atoms with Gasteiger partial charge >= 0.3 is 5.97 Å². The third-order valence-electron chi connectivity index (χ3n) is 4.54. The molecule has 3 rings (SSSR count). The Labute approximate surface area is 210 Å². The third-order valence-corrected chi connectivity index (χ3v) is 6.25. The fourth-order valence-electron chi connectivity index (χ4n) is 3.14. The van der Waals surface area contributed by atoms with E-state index in [2.05, 4.69) is 28.7 Å². The fourth-order valence-corrected chi connectivity index (χ4v) is 4.76. The molecule has 2 aromatic rings. The van der Waals surface area contributed by atoms with Gasteiger partial charge in [0, 0.05) is 0 Å². The van der Waals surface area contributed by atoms with Crippen molar-refractivity contribution in [3.8, 4) is 11.5 Å². The minimum Gasteiger partial charge on any atom is -0.493 e. The molecule has 0 bridgehead atoms. The molecule has 1 heterocycles. The molecule has 2 amide bonds. The number of methoxy groups -OCH3 is 1. The van der Waals surface area contributed by atoms with Crippen molar-refractivity contribution in [2.75, 3.05) is 13.7 Å². The largest absolute Gasteiger partial charge is 0.493 e. The van der Waals surface area contributed by atoms with Crippen molar-refractivity contribution in [3.05, 3.63) is 61.6 Å². The standard InChI is InChI=1S/C24H24INO6S/c1-14(2)32-21(27)12-26-23(28)20(33-24(26)29)11-17-9-18(25)22(19(10-17)30-4)31-13-16-7-5-6-15(3)8-16/h5-11,14H,12-13H2,1-4H3/b20-11+. The lowest BCUT2D eigenvalue weighted by molar-refractivity contribution is -0.149. The number of hydrogen-bond acceptors (Lipinski definition) is 7. The van der Waals surface area contributed by atoms with E-state index in [1.54, 1.807) is 33.1 Å². The predicted octanol–water partition coefficient (Wildman–Crippen LogP) is 5.18. The van der Waals surface area contributed by atoms with Crippen molar-refractivity contribution in [2.45, 2.75) is 33.5 Å². The number of carbonyl (C=O) groups is 3. The first kappa shape index (κ1) is 25.1. The van der Waals surface area contributed by atoms with E-state index < -0.39 is 23.7 Å². The molecule has 7 nitrogen and oxygen atoms in total. The van der Waals surface area contributed by atoms with E-state index in [1.807, 2.05) is 31.2 Å². The van der Waals surface area contributed by atoms with E-state index in [1.165, 1.54) is 0 Å². The van der Waals surface area contributed by atoms with E-state index in [0.29, 0.717) is 23.7 Å². The summed E-state index contributed by atoms with van der Waals surface area (Å²) in [5, 5.41) is -0.508. The number of rotatable bonds is 8. The summed E-state index contributed by atoms with van der Waals surface area (Å²) in [6.07, 6.45) is 1.28. The number of esters is 1. The highest BCUT2D eigenvalue weighted by Crippen LogP contribution is 2.37. The number of nitrogens with zero attached hydrogens (tertiary/aromatic N) is 1. The van der Waals surface area contributed by atoms with E-state index in [0.717, 1.165) is 31.4 Å². The summed E-state index contributed by atoms with van der Waals surface area (Å²) in [5.41, 5.74) is 2.87. The molecule has 2 aromatic carbocycles. The smallest absolute Gasteiger partial charge is 0.326 e. The maximum atomic E-state index is 12.7. The molecule has 0 saturated carbocycles. The highest BCUT2D eigenvalue weighted by Gasteiger charge is 2.36. The fraction of sp³-hybridized carbons (Fsp3) is 0.292. The van der Waals surface area contributed by atoms with Crippen LogP contribution in [0.1, 0.15) is 30.5 Å². The zero-order valence-corrected chi connectivity index (χ0v) is 21.7. The molecule has 0 atom stereocenters. The molecule has 1 saturated heterocycles. The minimum atomic E-state index is -0.625. The summed E-state index contributed by atoms with van der Waals surface area (Å²) in [5.74, 6) is -0.0406. The first-order valence-electron chi connectivity index (χ1n) is 10.2. The quantitative estimate of drug-likeness (QED) is 0.242. The molecule has 1 fully saturated rings. The van der Waals surface area contributed by atoms with E-state index in [4.69, 9.17) is 14.2 Å². The van der Waals surface area contributed by atoms with Crippen molar-refractivity contribution < 1.29 is 28.6 Å². The number of imide groups is 1. The van der Waals surface area contributed by atoms with Crippen LogP contribution in [-0.2, 0) is 20.9 Å². The molecule has 174 valence electrons. The van der Waals surface area contributed by atoms with Gasteiger partial charge in [-0.3, -0.25) is 19.3 Å². The Balaban J connectivity index is 1.78. The van der Waals surface area contributed by atoms with E-state index in [9.17, 15) is 14.4 Å². The summed E-state index contributed by atoms with van der Waals surface area (Å²) in [6.45, 7) is 5.41. The van der Waals surface area contributed by atoms with Crippen molar-refractivity contribution >= 4 is 57.5 Å². The molecule has 1 aliphatic rings. The van der Waals surface area contributed by atoms with Gasteiger partial charge in [-0.25, -0.2) is 0 Å². The molecule has 0 N–H and O–H groups in total. The zero-order chi connectivity index (χ0) is 24.1. The lowest BCUT2D eigenvalue weighted by Crippen LogP contribution is -2.35. The number of aryl methyl sites for hydroxylation is 1. The van der Waals surface area contributed by atoms with Crippen molar-refractivity contribution in [3.63, 3.8) is 0 Å². The number of hydrogen-bond donors (Lipinski definition) is 0.